The SMILES string of the molecule is CNCCCC(=O)N1CCC(C(O)c2ccc(Cl)cc2)CC1. The molecule has 122 valence electrons. The largest absolute Gasteiger partial charge is 0.388 e. The van der Waals surface area contributed by atoms with Crippen molar-refractivity contribution in [1.82, 2.24) is 10.2 Å². The van der Waals surface area contributed by atoms with Crippen molar-refractivity contribution in [3.8, 4) is 0 Å². The number of nitrogens with zero attached hydrogens (tertiary/aromatic N) is 1. The molecule has 1 unspecified atom stereocenters. The number of rotatable bonds is 6. The summed E-state index contributed by atoms with van der Waals surface area (Å²) in [6.45, 7) is 2.36. The molecule has 0 radical (unpaired) electrons. The number of aliphatic hydroxyl groups excluding tert-OH is 1. The zero-order valence-corrected chi connectivity index (χ0v) is 13.9. The van der Waals surface area contributed by atoms with Crippen LogP contribution in [0.15, 0.2) is 24.3 Å². The molecule has 0 spiro atoms. The lowest BCUT2D eigenvalue weighted by atomic mass is 9.87. The van der Waals surface area contributed by atoms with E-state index in [0.717, 1.165) is 44.5 Å². The minimum Gasteiger partial charge on any atom is -0.388 e. The van der Waals surface area contributed by atoms with Crippen LogP contribution in [0.4, 0.5) is 0 Å². The van der Waals surface area contributed by atoms with Crippen LogP contribution in [0.25, 0.3) is 0 Å². The second kappa shape index (κ2) is 8.51. The van der Waals surface area contributed by atoms with Gasteiger partial charge in [0.25, 0.3) is 0 Å². The second-order valence-electron chi connectivity index (χ2n) is 5.92. The molecule has 2 rings (SSSR count). The maximum Gasteiger partial charge on any atom is 0.222 e. The van der Waals surface area contributed by atoms with Crippen molar-refractivity contribution in [2.75, 3.05) is 26.7 Å². The Morgan fingerprint density at radius 2 is 2.00 bits per heavy atom. The molecule has 2 N–H and O–H groups in total. The number of piperidine rings is 1. The molecular formula is C17H25ClN2O2. The van der Waals surface area contributed by atoms with Gasteiger partial charge in [0, 0.05) is 24.5 Å². The molecule has 1 aromatic carbocycles. The fourth-order valence-corrected chi connectivity index (χ4v) is 3.10. The van der Waals surface area contributed by atoms with Crippen molar-refractivity contribution < 1.29 is 9.90 Å². The zero-order chi connectivity index (χ0) is 15.9. The van der Waals surface area contributed by atoms with Gasteiger partial charge in [-0.1, -0.05) is 23.7 Å². The maximum atomic E-state index is 12.1. The number of halogens is 1. The molecule has 1 aromatic rings. The molecule has 5 heteroatoms. The molecule has 1 aliphatic heterocycles. The highest BCUT2D eigenvalue weighted by Gasteiger charge is 2.27. The van der Waals surface area contributed by atoms with E-state index in [-0.39, 0.29) is 11.8 Å². The zero-order valence-electron chi connectivity index (χ0n) is 13.1. The van der Waals surface area contributed by atoms with E-state index in [9.17, 15) is 9.90 Å². The summed E-state index contributed by atoms with van der Waals surface area (Å²) in [4.78, 5) is 14.0. The van der Waals surface area contributed by atoms with Gasteiger partial charge in [0.05, 0.1) is 6.10 Å². The highest BCUT2D eigenvalue weighted by molar-refractivity contribution is 6.30. The van der Waals surface area contributed by atoms with Crippen molar-refractivity contribution in [1.29, 1.82) is 0 Å². The first-order chi connectivity index (χ1) is 10.6. The first-order valence-corrected chi connectivity index (χ1v) is 8.35. The van der Waals surface area contributed by atoms with Gasteiger partial charge in [-0.05, 0) is 56.5 Å². The van der Waals surface area contributed by atoms with Crippen LogP contribution in [0.5, 0.6) is 0 Å². The number of carbonyl (C=O) groups excluding carboxylic acids is 1. The molecule has 0 aliphatic carbocycles. The number of benzene rings is 1. The van der Waals surface area contributed by atoms with Crippen LogP contribution in [0.2, 0.25) is 5.02 Å². The van der Waals surface area contributed by atoms with Crippen molar-refractivity contribution >= 4 is 17.5 Å². The Morgan fingerprint density at radius 3 is 2.59 bits per heavy atom. The third-order valence-corrected chi connectivity index (χ3v) is 4.62. The average Bonchev–Trinajstić information content (AvgIpc) is 2.55. The maximum absolute atomic E-state index is 12.1. The topological polar surface area (TPSA) is 52.6 Å². The number of likely N-dealkylation sites (tertiary alicyclic amines) is 1. The fourth-order valence-electron chi connectivity index (χ4n) is 2.97. The summed E-state index contributed by atoms with van der Waals surface area (Å²) >= 11 is 5.88. The fraction of sp³-hybridized carbons (Fsp3) is 0.588. The molecule has 1 saturated heterocycles. The number of aliphatic hydroxyl groups is 1. The van der Waals surface area contributed by atoms with Crippen LogP contribution < -0.4 is 5.32 Å². The summed E-state index contributed by atoms with van der Waals surface area (Å²) in [6.07, 6.45) is 2.70. The number of hydrogen-bond donors (Lipinski definition) is 2. The van der Waals surface area contributed by atoms with Gasteiger partial charge in [0.1, 0.15) is 0 Å². The van der Waals surface area contributed by atoms with Gasteiger partial charge in [-0.3, -0.25) is 4.79 Å². The second-order valence-corrected chi connectivity index (χ2v) is 6.36. The van der Waals surface area contributed by atoms with Crippen molar-refractivity contribution in [2.24, 2.45) is 5.92 Å². The van der Waals surface area contributed by atoms with Gasteiger partial charge < -0.3 is 15.3 Å². The number of hydrogen-bond acceptors (Lipinski definition) is 3. The molecule has 0 saturated carbocycles. The smallest absolute Gasteiger partial charge is 0.222 e. The summed E-state index contributed by atoms with van der Waals surface area (Å²) in [6, 6.07) is 7.37. The highest BCUT2D eigenvalue weighted by Crippen LogP contribution is 2.31. The molecule has 0 bridgehead atoms. The Hall–Kier alpha value is -1.10. The lowest BCUT2D eigenvalue weighted by Crippen LogP contribution is -2.39. The predicted molar refractivity (Wildman–Crippen MR) is 88.9 cm³/mol. The van der Waals surface area contributed by atoms with Crippen molar-refractivity contribution in [3.05, 3.63) is 34.9 Å². The standard InChI is InChI=1S/C17H25ClN2O2/c1-19-10-2-3-16(21)20-11-8-14(9-12-20)17(22)13-4-6-15(18)7-5-13/h4-7,14,17,19,22H,2-3,8-12H2,1H3. The van der Waals surface area contributed by atoms with E-state index in [1.165, 1.54) is 0 Å². The summed E-state index contributed by atoms with van der Waals surface area (Å²) in [5.74, 6) is 0.442. The van der Waals surface area contributed by atoms with Crippen LogP contribution in [0.1, 0.15) is 37.4 Å². The van der Waals surface area contributed by atoms with E-state index in [0.29, 0.717) is 11.4 Å². The average molecular weight is 325 g/mol. The minimum atomic E-state index is -0.473. The summed E-state index contributed by atoms with van der Waals surface area (Å²) in [5, 5.41) is 14.2. The normalized spacial score (nSPS) is 17.5. The van der Waals surface area contributed by atoms with E-state index in [4.69, 9.17) is 11.6 Å². The van der Waals surface area contributed by atoms with Crippen LogP contribution in [0, 0.1) is 5.92 Å². The Labute approximate surface area is 137 Å². The van der Waals surface area contributed by atoms with Gasteiger partial charge in [-0.25, -0.2) is 0 Å². The molecule has 1 aliphatic rings. The molecule has 0 aromatic heterocycles. The van der Waals surface area contributed by atoms with E-state index in [2.05, 4.69) is 5.32 Å². The number of carbonyl (C=O) groups is 1. The first-order valence-electron chi connectivity index (χ1n) is 7.97. The number of amides is 1. The number of nitrogens with one attached hydrogen (secondary N) is 1. The van der Waals surface area contributed by atoms with E-state index >= 15 is 0 Å². The Kier molecular flexibility index (Phi) is 6.68. The molecule has 4 nitrogen and oxygen atoms in total. The van der Waals surface area contributed by atoms with Gasteiger partial charge in [0.15, 0.2) is 0 Å². The van der Waals surface area contributed by atoms with Gasteiger partial charge in [0.2, 0.25) is 5.91 Å². The van der Waals surface area contributed by atoms with E-state index in [1.807, 2.05) is 24.1 Å². The van der Waals surface area contributed by atoms with Gasteiger partial charge in [-0.2, -0.15) is 0 Å². The van der Waals surface area contributed by atoms with Crippen molar-refractivity contribution in [2.45, 2.75) is 31.8 Å². The predicted octanol–water partition coefficient (Wildman–Crippen LogP) is 2.61. The molecular weight excluding hydrogens is 300 g/mol. The summed E-state index contributed by atoms with van der Waals surface area (Å²) in [5.41, 5.74) is 0.906. The molecule has 1 amide bonds. The first kappa shape index (κ1) is 17.3. The van der Waals surface area contributed by atoms with Crippen molar-refractivity contribution in [3.63, 3.8) is 0 Å². The van der Waals surface area contributed by atoms with Crippen LogP contribution in [-0.2, 0) is 4.79 Å². The molecule has 1 atom stereocenters. The minimum absolute atomic E-state index is 0.211. The monoisotopic (exact) mass is 324 g/mol. The summed E-state index contributed by atoms with van der Waals surface area (Å²) in [7, 11) is 1.90. The Balaban J connectivity index is 1.81. The quantitative estimate of drug-likeness (QED) is 0.791. The van der Waals surface area contributed by atoms with Gasteiger partial charge in [-0.15, -0.1) is 0 Å². The highest BCUT2D eigenvalue weighted by atomic mass is 35.5. The van der Waals surface area contributed by atoms with E-state index in [1.54, 1.807) is 12.1 Å². The third-order valence-electron chi connectivity index (χ3n) is 4.37. The lowest BCUT2D eigenvalue weighted by molar-refractivity contribution is -0.133. The van der Waals surface area contributed by atoms with E-state index < -0.39 is 6.10 Å². The Bertz CT molecular complexity index is 470. The summed E-state index contributed by atoms with van der Waals surface area (Å²) < 4.78 is 0. The lowest BCUT2D eigenvalue weighted by Gasteiger charge is -2.34. The van der Waals surface area contributed by atoms with Crippen LogP contribution in [-0.4, -0.2) is 42.6 Å². The molecule has 1 fully saturated rings. The Morgan fingerprint density at radius 1 is 1.36 bits per heavy atom. The third kappa shape index (κ3) is 4.70. The van der Waals surface area contributed by atoms with Gasteiger partial charge >= 0.3 is 0 Å². The van der Waals surface area contributed by atoms with Crippen LogP contribution in [0.3, 0.4) is 0 Å². The molecule has 22 heavy (non-hydrogen) atoms. The van der Waals surface area contributed by atoms with Crippen LogP contribution >= 0.6 is 11.6 Å². The molecule has 1 heterocycles.